The summed E-state index contributed by atoms with van der Waals surface area (Å²) < 4.78 is 9.13. The lowest BCUT2D eigenvalue weighted by molar-refractivity contribution is -0.0367. The number of halogens is 1. The maximum absolute atomic E-state index is 5.89. The highest BCUT2D eigenvalue weighted by molar-refractivity contribution is 9.10. The molecule has 0 saturated heterocycles. The van der Waals surface area contributed by atoms with Crippen molar-refractivity contribution in [2.24, 2.45) is 0 Å². The lowest BCUT2D eigenvalue weighted by Gasteiger charge is -2.34. The summed E-state index contributed by atoms with van der Waals surface area (Å²) >= 11 is 3.71. The highest BCUT2D eigenvalue weighted by Crippen LogP contribution is 2.26. The van der Waals surface area contributed by atoms with Gasteiger partial charge < -0.3 is 10.1 Å². The predicted octanol–water partition coefficient (Wildman–Crippen LogP) is 3.17. The maximum atomic E-state index is 5.89. The van der Waals surface area contributed by atoms with Crippen molar-refractivity contribution in [3.63, 3.8) is 0 Å². The smallest absolute Gasteiger partial charge is 0.0782 e. The Labute approximate surface area is 131 Å². The number of hydrogen-bond acceptors (Lipinski definition) is 3. The fourth-order valence-electron chi connectivity index (χ4n) is 2.57. The molecule has 0 radical (unpaired) electrons. The highest BCUT2D eigenvalue weighted by Gasteiger charge is 2.31. The fourth-order valence-corrected chi connectivity index (χ4v) is 3.30. The van der Waals surface area contributed by atoms with Crippen molar-refractivity contribution in [2.45, 2.75) is 65.6 Å². The third kappa shape index (κ3) is 3.83. The van der Waals surface area contributed by atoms with Crippen molar-refractivity contribution in [1.29, 1.82) is 0 Å². The van der Waals surface area contributed by atoms with Gasteiger partial charge in [0.15, 0.2) is 0 Å². The van der Waals surface area contributed by atoms with Gasteiger partial charge in [-0.15, -0.1) is 0 Å². The molecular weight excluding hydrogens is 318 g/mol. The van der Waals surface area contributed by atoms with Gasteiger partial charge in [-0.1, -0.05) is 6.92 Å². The van der Waals surface area contributed by atoms with Gasteiger partial charge in [-0.25, -0.2) is 0 Å². The zero-order chi connectivity index (χ0) is 15.3. The van der Waals surface area contributed by atoms with Crippen LogP contribution in [0.15, 0.2) is 4.47 Å². The van der Waals surface area contributed by atoms with Gasteiger partial charge in [0, 0.05) is 25.6 Å². The van der Waals surface area contributed by atoms with Crippen LogP contribution in [0.1, 0.15) is 46.0 Å². The van der Waals surface area contributed by atoms with Crippen molar-refractivity contribution < 1.29 is 4.74 Å². The minimum absolute atomic E-state index is 0.210. The van der Waals surface area contributed by atoms with Crippen LogP contribution in [0.3, 0.4) is 0 Å². The van der Waals surface area contributed by atoms with E-state index in [9.17, 15) is 0 Å². The Morgan fingerprint density at radius 3 is 2.45 bits per heavy atom. The number of likely N-dealkylation sites (N-methyl/N-ethyl adjacent to an activating group) is 1. The molecule has 0 aliphatic rings. The Bertz CT molecular complexity index is 429. The first-order valence-electron chi connectivity index (χ1n) is 7.46. The second-order valence-corrected chi connectivity index (χ2v) is 6.25. The van der Waals surface area contributed by atoms with Gasteiger partial charge in [0.25, 0.3) is 0 Å². The molecule has 0 bridgehead atoms. The first kappa shape index (κ1) is 17.7. The summed E-state index contributed by atoms with van der Waals surface area (Å²) in [5.74, 6) is 0. The molecule has 0 fully saturated rings. The molecule has 1 unspecified atom stereocenters. The molecular formula is C15H28BrN3O. The molecule has 116 valence electrons. The van der Waals surface area contributed by atoms with Crippen LogP contribution in [-0.2, 0) is 24.1 Å². The third-order valence-corrected chi connectivity index (χ3v) is 4.71. The number of nitrogens with one attached hydrogen (secondary N) is 1. The van der Waals surface area contributed by atoms with Crippen LogP contribution < -0.4 is 5.32 Å². The molecule has 20 heavy (non-hydrogen) atoms. The van der Waals surface area contributed by atoms with Crippen LogP contribution in [0, 0.1) is 0 Å². The van der Waals surface area contributed by atoms with Crippen molar-refractivity contribution >= 4 is 15.9 Å². The molecule has 1 aromatic heterocycles. The van der Waals surface area contributed by atoms with Gasteiger partial charge in [0.05, 0.1) is 21.5 Å². The number of aryl methyl sites for hydroxylation is 2. The van der Waals surface area contributed by atoms with Crippen LogP contribution >= 0.6 is 15.9 Å². The number of ether oxygens (including phenoxy) is 1. The molecule has 1 N–H and O–H groups in total. The number of hydrogen-bond donors (Lipinski definition) is 1. The topological polar surface area (TPSA) is 39.1 Å². The molecule has 4 nitrogen and oxygen atoms in total. The molecule has 0 aromatic carbocycles. The molecule has 0 spiro atoms. The summed E-state index contributed by atoms with van der Waals surface area (Å²) in [7, 11) is 1.99. The van der Waals surface area contributed by atoms with Crippen molar-refractivity contribution in [1.82, 2.24) is 15.1 Å². The van der Waals surface area contributed by atoms with E-state index in [0.717, 1.165) is 36.2 Å². The average Bonchev–Trinajstić information content (AvgIpc) is 2.71. The quantitative estimate of drug-likeness (QED) is 0.786. The molecule has 0 amide bonds. The molecule has 1 heterocycles. The largest absolute Gasteiger partial charge is 0.374 e. The maximum Gasteiger partial charge on any atom is 0.0782 e. The first-order valence-corrected chi connectivity index (χ1v) is 8.25. The van der Waals surface area contributed by atoms with E-state index in [0.29, 0.717) is 0 Å². The molecule has 0 saturated carbocycles. The molecule has 5 heteroatoms. The summed E-state index contributed by atoms with van der Waals surface area (Å²) in [6.07, 6.45) is 1.84. The first-order chi connectivity index (χ1) is 9.41. The Morgan fingerprint density at radius 2 is 2.00 bits per heavy atom. The van der Waals surface area contributed by atoms with Crippen LogP contribution in [0.4, 0.5) is 0 Å². The summed E-state index contributed by atoms with van der Waals surface area (Å²) in [6.45, 7) is 12.2. The van der Waals surface area contributed by atoms with E-state index in [2.05, 4.69) is 58.7 Å². The number of aromatic nitrogens is 2. The van der Waals surface area contributed by atoms with E-state index < -0.39 is 0 Å². The minimum Gasteiger partial charge on any atom is -0.374 e. The number of rotatable bonds is 8. The third-order valence-electron chi connectivity index (χ3n) is 3.80. The van der Waals surface area contributed by atoms with E-state index in [1.807, 2.05) is 14.0 Å². The van der Waals surface area contributed by atoms with Crippen LogP contribution in [0.2, 0.25) is 0 Å². The van der Waals surface area contributed by atoms with Gasteiger partial charge in [-0.2, -0.15) is 5.10 Å². The Balaban J connectivity index is 3.03. The SMILES string of the molecule is CCOC(C)(C)C(Cc1c(Br)c(CC)nn1CC)NC. The molecule has 0 aliphatic carbocycles. The molecule has 0 aliphatic heterocycles. The lowest BCUT2D eigenvalue weighted by atomic mass is 9.94. The zero-order valence-electron chi connectivity index (χ0n) is 13.6. The summed E-state index contributed by atoms with van der Waals surface area (Å²) in [4.78, 5) is 0. The van der Waals surface area contributed by atoms with Gasteiger partial charge in [-0.05, 0) is 57.1 Å². The van der Waals surface area contributed by atoms with E-state index in [1.54, 1.807) is 0 Å². The minimum atomic E-state index is -0.210. The van der Waals surface area contributed by atoms with E-state index in [-0.39, 0.29) is 11.6 Å². The normalized spacial score (nSPS) is 13.8. The number of nitrogens with zero attached hydrogens (tertiary/aromatic N) is 2. The average molecular weight is 346 g/mol. The van der Waals surface area contributed by atoms with E-state index >= 15 is 0 Å². The van der Waals surface area contributed by atoms with Crippen LogP contribution in [0.25, 0.3) is 0 Å². The van der Waals surface area contributed by atoms with Crippen molar-refractivity contribution in [3.8, 4) is 0 Å². The summed E-state index contributed by atoms with van der Waals surface area (Å²) in [5, 5.41) is 8.06. The van der Waals surface area contributed by atoms with Gasteiger partial charge in [-0.3, -0.25) is 4.68 Å². The second-order valence-electron chi connectivity index (χ2n) is 5.46. The van der Waals surface area contributed by atoms with Gasteiger partial charge >= 0.3 is 0 Å². The highest BCUT2D eigenvalue weighted by atomic mass is 79.9. The van der Waals surface area contributed by atoms with Gasteiger partial charge in [0.1, 0.15) is 0 Å². The molecule has 1 rings (SSSR count). The Morgan fingerprint density at radius 1 is 1.35 bits per heavy atom. The lowest BCUT2D eigenvalue weighted by Crippen LogP contribution is -2.49. The Kier molecular flexibility index (Phi) is 6.69. The van der Waals surface area contributed by atoms with Crippen molar-refractivity contribution in [2.75, 3.05) is 13.7 Å². The zero-order valence-corrected chi connectivity index (χ0v) is 15.2. The van der Waals surface area contributed by atoms with E-state index in [4.69, 9.17) is 4.74 Å². The van der Waals surface area contributed by atoms with Gasteiger partial charge in [0.2, 0.25) is 0 Å². The summed E-state index contributed by atoms with van der Waals surface area (Å²) in [6, 6.07) is 0.241. The monoisotopic (exact) mass is 345 g/mol. The molecule has 1 aromatic rings. The second kappa shape index (κ2) is 7.57. The fraction of sp³-hybridized carbons (Fsp3) is 0.800. The Hall–Kier alpha value is -0.390. The van der Waals surface area contributed by atoms with Crippen LogP contribution in [0.5, 0.6) is 0 Å². The van der Waals surface area contributed by atoms with Crippen molar-refractivity contribution in [3.05, 3.63) is 15.9 Å². The summed E-state index contributed by atoms with van der Waals surface area (Å²) in [5.41, 5.74) is 2.17. The molecule has 1 atom stereocenters. The predicted molar refractivity (Wildman–Crippen MR) is 87.2 cm³/mol. The van der Waals surface area contributed by atoms with E-state index in [1.165, 1.54) is 5.69 Å². The van der Waals surface area contributed by atoms with Crippen LogP contribution in [-0.4, -0.2) is 35.1 Å². The standard InChI is InChI=1S/C15H28BrN3O/c1-7-11-14(16)12(19(8-2)18-11)10-13(17-6)15(4,5)20-9-3/h13,17H,7-10H2,1-6H3.